The van der Waals surface area contributed by atoms with Gasteiger partial charge in [0.15, 0.2) is 12.3 Å². The molecule has 0 atom stereocenters. The quantitative estimate of drug-likeness (QED) is 0.237. The minimum Gasteiger partial charge on any atom is -0.451 e. The number of amides is 2. The highest BCUT2D eigenvalue weighted by molar-refractivity contribution is 6.03. The van der Waals surface area contributed by atoms with E-state index in [-0.39, 0.29) is 27.7 Å². The summed E-state index contributed by atoms with van der Waals surface area (Å²) in [6, 6.07) is 19.6. The van der Waals surface area contributed by atoms with Crippen molar-refractivity contribution in [3.8, 4) is 5.69 Å². The van der Waals surface area contributed by atoms with Crippen LogP contribution in [0.4, 0.5) is 5.69 Å². The number of fused-ring (bicyclic) bond motifs is 1. The minimum absolute atomic E-state index is 0.0664. The van der Waals surface area contributed by atoms with Crippen molar-refractivity contribution in [2.24, 2.45) is 0 Å². The van der Waals surface area contributed by atoms with E-state index in [1.807, 2.05) is 0 Å². The van der Waals surface area contributed by atoms with Crippen LogP contribution in [0, 0.1) is 10.1 Å². The van der Waals surface area contributed by atoms with Crippen LogP contribution in [0.1, 0.15) is 20.8 Å². The van der Waals surface area contributed by atoms with Crippen LogP contribution < -0.4 is 16.4 Å². The number of carbonyl (C=O) groups is 3. The molecule has 2 amide bonds. The molecule has 0 aliphatic heterocycles. The Morgan fingerprint density at radius 2 is 1.53 bits per heavy atom. The zero-order valence-electron chi connectivity index (χ0n) is 18.4. The molecule has 0 aliphatic rings. The Morgan fingerprint density at radius 1 is 0.889 bits per heavy atom. The molecule has 0 bridgehead atoms. The van der Waals surface area contributed by atoms with Crippen LogP contribution in [0.25, 0.3) is 16.5 Å². The van der Waals surface area contributed by atoms with Crippen molar-refractivity contribution in [3.05, 3.63) is 111 Å². The summed E-state index contributed by atoms with van der Waals surface area (Å²) in [5.74, 6) is -2.53. The highest BCUT2D eigenvalue weighted by Gasteiger charge is 2.20. The zero-order chi connectivity index (χ0) is 25.7. The number of nitrogens with one attached hydrogen (secondary N) is 2. The van der Waals surface area contributed by atoms with Gasteiger partial charge in [-0.05, 0) is 30.3 Å². The van der Waals surface area contributed by atoms with Crippen molar-refractivity contribution in [3.63, 3.8) is 0 Å². The third-order valence-corrected chi connectivity index (χ3v) is 4.99. The number of carbonyl (C=O) groups excluding carboxylic acids is 3. The fourth-order valence-electron chi connectivity index (χ4n) is 3.25. The second-order valence-corrected chi connectivity index (χ2v) is 7.33. The van der Waals surface area contributed by atoms with Gasteiger partial charge in [-0.15, -0.1) is 0 Å². The van der Waals surface area contributed by atoms with Crippen molar-refractivity contribution in [2.45, 2.75) is 0 Å². The molecule has 12 heteroatoms. The fourth-order valence-corrected chi connectivity index (χ4v) is 3.25. The normalized spacial score (nSPS) is 10.4. The number of ether oxygens (including phenoxy) is 1. The van der Waals surface area contributed by atoms with Gasteiger partial charge in [0, 0.05) is 23.1 Å². The first-order chi connectivity index (χ1) is 17.3. The second-order valence-electron chi connectivity index (χ2n) is 7.33. The molecule has 0 saturated carbocycles. The molecule has 0 aliphatic carbocycles. The first-order valence-electron chi connectivity index (χ1n) is 10.4. The number of nitrogens with zero attached hydrogens (tertiary/aromatic N) is 3. The van der Waals surface area contributed by atoms with E-state index < -0.39 is 34.9 Å². The Hall–Kier alpha value is -5.39. The van der Waals surface area contributed by atoms with E-state index in [0.717, 1.165) is 16.8 Å². The second kappa shape index (κ2) is 10.3. The molecule has 1 aromatic heterocycles. The molecule has 4 aromatic rings. The van der Waals surface area contributed by atoms with Gasteiger partial charge in [0.25, 0.3) is 23.1 Å². The molecule has 180 valence electrons. The number of hydrogen-bond acceptors (Lipinski definition) is 8. The van der Waals surface area contributed by atoms with E-state index in [9.17, 15) is 29.3 Å². The first kappa shape index (κ1) is 23.8. The molecular weight excluding hydrogens is 470 g/mol. The number of rotatable bonds is 6. The van der Waals surface area contributed by atoms with Crippen LogP contribution in [-0.4, -0.2) is 39.1 Å². The largest absolute Gasteiger partial charge is 0.451 e. The van der Waals surface area contributed by atoms with Gasteiger partial charge in [-0.1, -0.05) is 36.4 Å². The lowest BCUT2D eigenvalue weighted by atomic mass is 10.1. The Labute approximate surface area is 202 Å². The van der Waals surface area contributed by atoms with E-state index in [1.165, 1.54) is 12.1 Å². The van der Waals surface area contributed by atoms with E-state index in [0.29, 0.717) is 5.69 Å². The molecule has 3 aromatic carbocycles. The van der Waals surface area contributed by atoms with Crippen LogP contribution in [0.3, 0.4) is 0 Å². The van der Waals surface area contributed by atoms with E-state index in [2.05, 4.69) is 16.0 Å². The van der Waals surface area contributed by atoms with Gasteiger partial charge in [0.1, 0.15) is 0 Å². The topological polar surface area (TPSA) is 163 Å². The lowest BCUT2D eigenvalue weighted by molar-refractivity contribution is -0.384. The van der Waals surface area contributed by atoms with E-state index >= 15 is 0 Å². The highest BCUT2D eigenvalue weighted by atomic mass is 16.6. The van der Waals surface area contributed by atoms with Crippen LogP contribution in [0.15, 0.2) is 83.7 Å². The summed E-state index contributed by atoms with van der Waals surface area (Å²) >= 11 is 0. The van der Waals surface area contributed by atoms with Crippen molar-refractivity contribution < 1.29 is 24.0 Å². The molecular formula is C24H17N5O7. The summed E-state index contributed by atoms with van der Waals surface area (Å²) in [5, 5.41) is 15.3. The summed E-state index contributed by atoms with van der Waals surface area (Å²) < 4.78 is 6.13. The van der Waals surface area contributed by atoms with Gasteiger partial charge in [0.05, 0.1) is 16.0 Å². The third-order valence-electron chi connectivity index (χ3n) is 4.99. The molecule has 0 unspecified atom stereocenters. The van der Waals surface area contributed by atoms with Crippen molar-refractivity contribution in [1.29, 1.82) is 0 Å². The number of non-ortho nitro benzene ring substituents is 1. The van der Waals surface area contributed by atoms with Crippen molar-refractivity contribution in [2.75, 3.05) is 6.61 Å². The van der Waals surface area contributed by atoms with Crippen LogP contribution >= 0.6 is 0 Å². The Kier molecular flexibility index (Phi) is 6.77. The number of nitro groups is 1. The Morgan fingerprint density at radius 3 is 2.19 bits per heavy atom. The number of para-hydroxylation sites is 1. The molecule has 0 saturated heterocycles. The van der Waals surface area contributed by atoms with Gasteiger partial charge in [-0.25, -0.2) is 4.79 Å². The van der Waals surface area contributed by atoms with Gasteiger partial charge in [-0.3, -0.25) is 35.3 Å². The predicted molar refractivity (Wildman–Crippen MR) is 126 cm³/mol. The molecule has 1 heterocycles. The lowest BCUT2D eigenvalue weighted by Gasteiger charge is -2.11. The SMILES string of the molecule is O=C(COC(=O)c1nn(-c2ccccc2)c(=O)c2ccccc12)NNC(=O)c1ccc([N+](=O)[O-])cc1. The minimum atomic E-state index is -0.951. The maximum Gasteiger partial charge on any atom is 0.359 e. The number of hydrogen-bond donors (Lipinski definition) is 2. The highest BCUT2D eigenvalue weighted by Crippen LogP contribution is 2.16. The van der Waals surface area contributed by atoms with Crippen molar-refractivity contribution in [1.82, 2.24) is 20.6 Å². The average molecular weight is 487 g/mol. The zero-order valence-corrected chi connectivity index (χ0v) is 18.4. The lowest BCUT2D eigenvalue weighted by Crippen LogP contribution is -2.43. The standard InChI is InChI=1S/C24H17N5O7/c30-20(25-26-22(31)15-10-12-17(13-11-15)29(34)35)14-36-24(33)21-18-8-4-5-9-19(18)23(32)28(27-21)16-6-2-1-3-7-16/h1-13H,14H2,(H,25,30)(H,26,31). The number of aromatic nitrogens is 2. The first-order valence-corrected chi connectivity index (χ1v) is 10.4. The van der Waals surface area contributed by atoms with Gasteiger partial charge in [-0.2, -0.15) is 9.78 Å². The average Bonchev–Trinajstić information content (AvgIpc) is 2.91. The number of benzene rings is 3. The smallest absolute Gasteiger partial charge is 0.359 e. The molecule has 36 heavy (non-hydrogen) atoms. The molecule has 2 N–H and O–H groups in total. The maximum atomic E-state index is 12.9. The van der Waals surface area contributed by atoms with Gasteiger partial charge < -0.3 is 4.74 Å². The maximum absolute atomic E-state index is 12.9. The summed E-state index contributed by atoms with van der Waals surface area (Å²) in [6.07, 6.45) is 0. The third kappa shape index (κ3) is 5.07. The molecule has 0 radical (unpaired) electrons. The molecule has 0 spiro atoms. The van der Waals surface area contributed by atoms with E-state index in [4.69, 9.17) is 4.74 Å². The fraction of sp³-hybridized carbons (Fsp3) is 0.0417. The molecule has 0 fully saturated rings. The van der Waals surface area contributed by atoms with Crippen LogP contribution in [0.5, 0.6) is 0 Å². The van der Waals surface area contributed by atoms with Crippen LogP contribution in [0.2, 0.25) is 0 Å². The monoisotopic (exact) mass is 487 g/mol. The number of esters is 1. The number of nitro benzene ring substituents is 1. The number of hydrazine groups is 1. The summed E-state index contributed by atoms with van der Waals surface area (Å²) in [7, 11) is 0. The molecule has 4 rings (SSSR count). The molecule has 12 nitrogen and oxygen atoms in total. The van der Waals surface area contributed by atoms with Gasteiger partial charge >= 0.3 is 5.97 Å². The summed E-state index contributed by atoms with van der Waals surface area (Å²) in [6.45, 7) is -0.750. The summed E-state index contributed by atoms with van der Waals surface area (Å²) in [5.41, 5.74) is 3.91. The Bertz CT molecular complexity index is 1530. The van der Waals surface area contributed by atoms with Crippen molar-refractivity contribution >= 4 is 34.2 Å². The predicted octanol–water partition coefficient (Wildman–Crippen LogP) is 1.91. The Balaban J connectivity index is 1.44. The summed E-state index contributed by atoms with van der Waals surface area (Å²) in [4.78, 5) is 60.0. The van der Waals surface area contributed by atoms with Gasteiger partial charge in [0.2, 0.25) is 0 Å². The van der Waals surface area contributed by atoms with Crippen LogP contribution in [-0.2, 0) is 9.53 Å². The van der Waals surface area contributed by atoms with E-state index in [1.54, 1.807) is 54.6 Å².